The van der Waals surface area contributed by atoms with Crippen molar-refractivity contribution in [2.45, 2.75) is 43.9 Å². The summed E-state index contributed by atoms with van der Waals surface area (Å²) in [6, 6.07) is 11.0. The Hall–Kier alpha value is -0.630. The molecule has 0 radical (unpaired) electrons. The normalized spacial score (nSPS) is 41.9. The fourth-order valence-electron chi connectivity index (χ4n) is 5.86. The Kier molecular flexibility index (Phi) is 2.89. The van der Waals surface area contributed by atoms with Crippen molar-refractivity contribution in [1.82, 2.24) is 0 Å². The van der Waals surface area contributed by atoms with E-state index in [-0.39, 0.29) is 5.41 Å². The van der Waals surface area contributed by atoms with Crippen LogP contribution in [0.4, 0.5) is 0 Å². The lowest BCUT2D eigenvalue weighted by Gasteiger charge is -2.61. The Morgan fingerprint density at radius 1 is 1.10 bits per heavy atom. The summed E-state index contributed by atoms with van der Waals surface area (Å²) >= 11 is 3.43. The summed E-state index contributed by atoms with van der Waals surface area (Å²) in [4.78, 5) is 12.6. The van der Waals surface area contributed by atoms with Crippen LogP contribution < -0.4 is 0 Å². The smallest absolute Gasteiger partial charge is 0.149 e. The van der Waals surface area contributed by atoms with Crippen LogP contribution in [0.5, 0.6) is 0 Å². The number of ketones is 1. The lowest BCUT2D eigenvalue weighted by Crippen LogP contribution is -2.57. The number of rotatable bonds is 3. The molecule has 0 spiro atoms. The van der Waals surface area contributed by atoms with Gasteiger partial charge in [0.15, 0.2) is 0 Å². The molecule has 4 fully saturated rings. The van der Waals surface area contributed by atoms with Crippen LogP contribution in [-0.2, 0) is 10.2 Å². The molecule has 0 aromatic heterocycles. The number of Topliss-reactive ketones (excluding diaryl/α,β-unsaturated/α-hetero) is 1. The van der Waals surface area contributed by atoms with Crippen molar-refractivity contribution in [2.75, 3.05) is 5.33 Å². The van der Waals surface area contributed by atoms with E-state index in [0.29, 0.717) is 16.5 Å². The van der Waals surface area contributed by atoms with E-state index in [9.17, 15) is 4.79 Å². The highest BCUT2D eigenvalue weighted by molar-refractivity contribution is 9.09. The summed E-state index contributed by atoms with van der Waals surface area (Å²) in [6.45, 7) is 0. The van der Waals surface area contributed by atoms with Gasteiger partial charge in [0.05, 0.1) is 5.33 Å². The first-order valence-corrected chi connectivity index (χ1v) is 8.93. The van der Waals surface area contributed by atoms with Crippen molar-refractivity contribution in [3.63, 3.8) is 0 Å². The third kappa shape index (κ3) is 1.76. The molecule has 0 saturated heterocycles. The molecule has 2 heteroatoms. The van der Waals surface area contributed by atoms with Gasteiger partial charge in [0, 0.05) is 5.41 Å². The van der Waals surface area contributed by atoms with Crippen molar-refractivity contribution in [3.05, 3.63) is 35.9 Å². The van der Waals surface area contributed by atoms with Crippen LogP contribution in [0.25, 0.3) is 0 Å². The van der Waals surface area contributed by atoms with Crippen LogP contribution in [-0.4, -0.2) is 11.1 Å². The first-order chi connectivity index (χ1) is 9.66. The molecule has 4 aliphatic rings. The highest BCUT2D eigenvalue weighted by Gasteiger charge is 2.60. The maximum Gasteiger partial charge on any atom is 0.149 e. The quantitative estimate of drug-likeness (QED) is 0.745. The number of halogens is 1. The van der Waals surface area contributed by atoms with E-state index in [1.54, 1.807) is 0 Å². The molecule has 0 N–H and O–H groups in total. The molecule has 4 aliphatic carbocycles. The lowest BCUT2D eigenvalue weighted by molar-refractivity contribution is -0.143. The maximum absolute atomic E-state index is 12.6. The van der Waals surface area contributed by atoms with Gasteiger partial charge in [-0.2, -0.15) is 0 Å². The van der Waals surface area contributed by atoms with Crippen molar-refractivity contribution in [2.24, 2.45) is 17.3 Å². The molecule has 2 unspecified atom stereocenters. The zero-order valence-electron chi connectivity index (χ0n) is 11.8. The zero-order chi connectivity index (χ0) is 13.8. The molecule has 5 rings (SSSR count). The second kappa shape index (κ2) is 4.43. The molecule has 2 atom stereocenters. The number of alkyl halides is 1. The van der Waals surface area contributed by atoms with Gasteiger partial charge in [0.2, 0.25) is 0 Å². The number of benzene rings is 1. The van der Waals surface area contributed by atoms with Gasteiger partial charge in [0.1, 0.15) is 5.78 Å². The van der Waals surface area contributed by atoms with E-state index in [1.807, 2.05) is 0 Å². The minimum atomic E-state index is -0.0105. The first kappa shape index (κ1) is 13.1. The largest absolute Gasteiger partial charge is 0.298 e. The van der Waals surface area contributed by atoms with Gasteiger partial charge in [0.25, 0.3) is 0 Å². The molecule has 1 aromatic rings. The average Bonchev–Trinajstić information content (AvgIpc) is 2.46. The monoisotopic (exact) mass is 332 g/mol. The second-order valence-corrected chi connectivity index (χ2v) is 8.01. The van der Waals surface area contributed by atoms with Crippen LogP contribution in [0.2, 0.25) is 0 Å². The lowest BCUT2D eigenvalue weighted by atomic mass is 9.42. The Morgan fingerprint density at radius 2 is 1.75 bits per heavy atom. The van der Waals surface area contributed by atoms with Crippen LogP contribution >= 0.6 is 15.9 Å². The van der Waals surface area contributed by atoms with Crippen LogP contribution in [0.1, 0.15) is 44.1 Å². The van der Waals surface area contributed by atoms with E-state index < -0.39 is 0 Å². The van der Waals surface area contributed by atoms with E-state index >= 15 is 0 Å². The van der Waals surface area contributed by atoms with Crippen LogP contribution in [0.15, 0.2) is 30.3 Å². The molecule has 20 heavy (non-hydrogen) atoms. The Morgan fingerprint density at radius 3 is 2.35 bits per heavy atom. The summed E-state index contributed by atoms with van der Waals surface area (Å²) in [6.07, 6.45) is 7.40. The molecule has 0 aliphatic heterocycles. The summed E-state index contributed by atoms with van der Waals surface area (Å²) < 4.78 is 0. The summed E-state index contributed by atoms with van der Waals surface area (Å²) in [5.74, 6) is 2.02. The van der Waals surface area contributed by atoms with E-state index in [1.165, 1.54) is 24.8 Å². The molecular formula is C18H21BrO. The molecule has 1 nitrogen and oxygen atoms in total. The third-order valence-corrected chi connectivity index (χ3v) is 6.67. The highest BCUT2D eigenvalue weighted by atomic mass is 79.9. The predicted molar refractivity (Wildman–Crippen MR) is 84.0 cm³/mol. The number of hydrogen-bond donors (Lipinski definition) is 0. The predicted octanol–water partition coefficient (Wildman–Crippen LogP) is 4.49. The Balaban J connectivity index is 1.78. The minimum Gasteiger partial charge on any atom is -0.298 e. The highest BCUT2D eigenvalue weighted by Crippen LogP contribution is 2.66. The Bertz CT molecular complexity index is 522. The van der Waals surface area contributed by atoms with Gasteiger partial charge < -0.3 is 0 Å². The van der Waals surface area contributed by atoms with Gasteiger partial charge in [-0.15, -0.1) is 0 Å². The average molecular weight is 333 g/mol. The number of carbonyl (C=O) groups is 1. The topological polar surface area (TPSA) is 17.1 Å². The SMILES string of the molecule is O=C(CBr)C12CC3CC(C1)CC(c1ccccc1)(C3)C2. The van der Waals surface area contributed by atoms with Gasteiger partial charge in [-0.05, 0) is 61.3 Å². The van der Waals surface area contributed by atoms with E-state index in [2.05, 4.69) is 46.3 Å². The molecule has 4 bridgehead atoms. The molecule has 0 heterocycles. The van der Waals surface area contributed by atoms with Crippen molar-refractivity contribution in [1.29, 1.82) is 0 Å². The van der Waals surface area contributed by atoms with Crippen LogP contribution in [0.3, 0.4) is 0 Å². The second-order valence-electron chi connectivity index (χ2n) is 7.44. The van der Waals surface area contributed by atoms with E-state index in [0.717, 1.165) is 31.1 Å². The first-order valence-electron chi connectivity index (χ1n) is 7.81. The number of carbonyl (C=O) groups excluding carboxylic acids is 1. The van der Waals surface area contributed by atoms with Crippen molar-refractivity contribution < 1.29 is 4.79 Å². The van der Waals surface area contributed by atoms with Crippen molar-refractivity contribution >= 4 is 21.7 Å². The van der Waals surface area contributed by atoms with Gasteiger partial charge >= 0.3 is 0 Å². The molecule has 0 amide bonds. The fraction of sp³-hybridized carbons (Fsp3) is 0.611. The van der Waals surface area contributed by atoms with Gasteiger partial charge in [-0.1, -0.05) is 46.3 Å². The molecule has 4 saturated carbocycles. The standard InChI is InChI=1S/C18H21BrO/c19-11-16(20)18-9-13-6-14(10-18)8-17(7-13,12-18)15-4-2-1-3-5-15/h1-5,13-14H,6-12H2. The zero-order valence-corrected chi connectivity index (χ0v) is 13.4. The third-order valence-electron chi connectivity index (χ3n) is 6.16. The summed E-state index contributed by atoms with van der Waals surface area (Å²) in [7, 11) is 0. The summed E-state index contributed by atoms with van der Waals surface area (Å²) in [5, 5.41) is 0.539. The fourth-order valence-corrected chi connectivity index (χ4v) is 6.45. The molecule has 1 aromatic carbocycles. The van der Waals surface area contributed by atoms with Gasteiger partial charge in [-0.3, -0.25) is 4.79 Å². The van der Waals surface area contributed by atoms with Gasteiger partial charge in [-0.25, -0.2) is 0 Å². The molecular weight excluding hydrogens is 312 g/mol. The number of hydrogen-bond acceptors (Lipinski definition) is 1. The molecule has 106 valence electrons. The maximum atomic E-state index is 12.6. The minimum absolute atomic E-state index is 0.0105. The van der Waals surface area contributed by atoms with Crippen LogP contribution in [0, 0.1) is 17.3 Å². The summed E-state index contributed by atoms with van der Waals surface area (Å²) in [5.41, 5.74) is 1.77. The Labute approximate surface area is 129 Å². The van der Waals surface area contributed by atoms with Crippen molar-refractivity contribution in [3.8, 4) is 0 Å². The van der Waals surface area contributed by atoms with E-state index in [4.69, 9.17) is 0 Å².